The molecule has 2 aromatic carbocycles. The number of benzene rings is 2. The molecule has 4 heteroatoms. The van der Waals surface area contributed by atoms with Crippen LogP contribution in [0.5, 0.6) is 11.5 Å². The maximum Gasteiger partial charge on any atom is 0.129 e. The van der Waals surface area contributed by atoms with Crippen LogP contribution in [0.2, 0.25) is 0 Å². The second-order valence-corrected chi connectivity index (χ2v) is 5.68. The van der Waals surface area contributed by atoms with E-state index in [0.29, 0.717) is 0 Å². The van der Waals surface area contributed by atoms with Crippen LogP contribution in [0.25, 0.3) is 0 Å². The Hall–Kier alpha value is -2.75. The number of rotatable bonds is 3. The minimum atomic E-state index is 0.0169. The molecule has 0 aliphatic carbocycles. The Kier molecular flexibility index (Phi) is 3.50. The second-order valence-electron chi connectivity index (χ2n) is 5.68. The van der Waals surface area contributed by atoms with E-state index in [1.165, 1.54) is 5.56 Å². The van der Waals surface area contributed by atoms with Crippen molar-refractivity contribution in [3.63, 3.8) is 0 Å². The molecule has 1 aromatic heterocycles. The Balaban J connectivity index is 1.78. The molecule has 1 aliphatic heterocycles. The molecule has 0 unspecified atom stereocenters. The van der Waals surface area contributed by atoms with Gasteiger partial charge in [0.05, 0.1) is 19.5 Å². The second kappa shape index (κ2) is 5.80. The average molecular weight is 306 g/mol. The van der Waals surface area contributed by atoms with Crippen molar-refractivity contribution in [2.45, 2.75) is 18.6 Å². The van der Waals surface area contributed by atoms with Crippen molar-refractivity contribution in [1.29, 1.82) is 0 Å². The van der Waals surface area contributed by atoms with Gasteiger partial charge in [0.2, 0.25) is 0 Å². The van der Waals surface area contributed by atoms with Gasteiger partial charge >= 0.3 is 0 Å². The van der Waals surface area contributed by atoms with Crippen molar-refractivity contribution < 1.29 is 9.47 Å². The Morgan fingerprint density at radius 2 is 2.04 bits per heavy atom. The normalized spacial score (nSPS) is 19.7. The standard InChI is InChI=1S/C19H18N2O2/c1-22-15-7-8-16-17(21-10-9-20-13-21)12-18(23-19(16)11-15)14-5-3-2-4-6-14/h2-11,13,17-18H,12H2,1H3/t17-,18+/m0/s1. The van der Waals surface area contributed by atoms with Crippen molar-refractivity contribution in [1.82, 2.24) is 9.55 Å². The summed E-state index contributed by atoms with van der Waals surface area (Å²) in [6, 6.07) is 16.6. The Morgan fingerprint density at radius 1 is 1.17 bits per heavy atom. The lowest BCUT2D eigenvalue weighted by Gasteiger charge is -2.33. The number of nitrogens with zero attached hydrogens (tertiary/aromatic N) is 2. The zero-order valence-electron chi connectivity index (χ0n) is 12.9. The van der Waals surface area contributed by atoms with Gasteiger partial charge in [-0.2, -0.15) is 0 Å². The van der Waals surface area contributed by atoms with E-state index in [-0.39, 0.29) is 12.1 Å². The van der Waals surface area contributed by atoms with Gasteiger partial charge in [-0.3, -0.25) is 0 Å². The maximum atomic E-state index is 6.28. The summed E-state index contributed by atoms with van der Waals surface area (Å²) in [6.07, 6.45) is 6.58. The van der Waals surface area contributed by atoms with E-state index in [9.17, 15) is 0 Å². The van der Waals surface area contributed by atoms with Gasteiger partial charge in [-0.25, -0.2) is 4.98 Å². The topological polar surface area (TPSA) is 36.3 Å². The van der Waals surface area contributed by atoms with E-state index < -0.39 is 0 Å². The van der Waals surface area contributed by atoms with Crippen LogP contribution < -0.4 is 9.47 Å². The largest absolute Gasteiger partial charge is 0.497 e. The first-order valence-electron chi connectivity index (χ1n) is 7.72. The zero-order valence-corrected chi connectivity index (χ0v) is 12.9. The fourth-order valence-electron chi connectivity index (χ4n) is 3.16. The molecular formula is C19H18N2O2. The van der Waals surface area contributed by atoms with Crippen molar-refractivity contribution in [3.05, 3.63) is 78.4 Å². The maximum absolute atomic E-state index is 6.28. The molecule has 4 nitrogen and oxygen atoms in total. The van der Waals surface area contributed by atoms with Crippen LogP contribution in [-0.4, -0.2) is 16.7 Å². The molecule has 1 aliphatic rings. The van der Waals surface area contributed by atoms with Gasteiger partial charge in [0.1, 0.15) is 17.6 Å². The molecule has 23 heavy (non-hydrogen) atoms. The molecule has 0 amide bonds. The van der Waals surface area contributed by atoms with Crippen molar-refractivity contribution >= 4 is 0 Å². The molecule has 3 aromatic rings. The van der Waals surface area contributed by atoms with Crippen LogP contribution in [0.15, 0.2) is 67.3 Å². The number of fused-ring (bicyclic) bond motifs is 1. The molecule has 0 spiro atoms. The van der Waals surface area contributed by atoms with Crippen molar-refractivity contribution in [2.75, 3.05) is 7.11 Å². The highest BCUT2D eigenvalue weighted by atomic mass is 16.5. The summed E-state index contributed by atoms with van der Waals surface area (Å²) in [6.45, 7) is 0. The first-order chi connectivity index (χ1) is 11.3. The number of hydrogen-bond acceptors (Lipinski definition) is 3. The average Bonchev–Trinajstić information content (AvgIpc) is 3.15. The summed E-state index contributed by atoms with van der Waals surface area (Å²) >= 11 is 0. The molecular weight excluding hydrogens is 288 g/mol. The van der Waals surface area contributed by atoms with Gasteiger partial charge in [0.25, 0.3) is 0 Å². The first kappa shape index (κ1) is 13.9. The quantitative estimate of drug-likeness (QED) is 0.733. The van der Waals surface area contributed by atoms with E-state index in [4.69, 9.17) is 9.47 Å². The fourth-order valence-corrected chi connectivity index (χ4v) is 3.16. The van der Waals surface area contributed by atoms with E-state index in [0.717, 1.165) is 23.5 Å². The molecule has 2 atom stereocenters. The number of hydrogen-bond donors (Lipinski definition) is 0. The van der Waals surface area contributed by atoms with Gasteiger partial charge < -0.3 is 14.0 Å². The zero-order chi connectivity index (χ0) is 15.6. The number of methoxy groups -OCH3 is 1. The van der Waals surface area contributed by atoms with E-state index >= 15 is 0 Å². The van der Waals surface area contributed by atoms with Gasteiger partial charge in [-0.1, -0.05) is 30.3 Å². The summed E-state index contributed by atoms with van der Waals surface area (Å²) in [5.41, 5.74) is 2.35. The predicted molar refractivity (Wildman–Crippen MR) is 87.8 cm³/mol. The lowest BCUT2D eigenvalue weighted by Crippen LogP contribution is -2.23. The molecule has 0 fully saturated rings. The Morgan fingerprint density at radius 3 is 2.78 bits per heavy atom. The Bertz CT molecular complexity index is 784. The minimum Gasteiger partial charge on any atom is -0.497 e. The van der Waals surface area contributed by atoms with Gasteiger partial charge in [0.15, 0.2) is 0 Å². The van der Waals surface area contributed by atoms with Crippen LogP contribution >= 0.6 is 0 Å². The summed E-state index contributed by atoms with van der Waals surface area (Å²) in [5.74, 6) is 1.69. The third kappa shape index (κ3) is 2.57. The lowest BCUT2D eigenvalue weighted by molar-refractivity contribution is 0.152. The van der Waals surface area contributed by atoms with Gasteiger partial charge in [-0.15, -0.1) is 0 Å². The summed E-state index contributed by atoms with van der Waals surface area (Å²) in [4.78, 5) is 4.20. The first-order valence-corrected chi connectivity index (χ1v) is 7.72. The SMILES string of the molecule is COc1ccc2c(c1)O[C@@H](c1ccccc1)C[C@@H]2n1ccnc1. The number of imidazole rings is 1. The molecule has 0 saturated carbocycles. The minimum absolute atomic E-state index is 0.0169. The molecule has 0 bridgehead atoms. The van der Waals surface area contributed by atoms with Crippen LogP contribution in [-0.2, 0) is 0 Å². The summed E-state index contributed by atoms with van der Waals surface area (Å²) < 4.78 is 13.8. The predicted octanol–water partition coefficient (Wildman–Crippen LogP) is 4.00. The monoisotopic (exact) mass is 306 g/mol. The lowest BCUT2D eigenvalue weighted by atomic mass is 9.92. The molecule has 0 saturated heterocycles. The van der Waals surface area contributed by atoms with E-state index in [1.54, 1.807) is 7.11 Å². The highest BCUT2D eigenvalue weighted by Gasteiger charge is 2.30. The smallest absolute Gasteiger partial charge is 0.129 e. The molecule has 4 rings (SSSR count). The van der Waals surface area contributed by atoms with Crippen LogP contribution in [0.1, 0.15) is 29.7 Å². The number of aromatic nitrogens is 2. The van der Waals surface area contributed by atoms with E-state index in [2.05, 4.69) is 27.8 Å². The molecule has 2 heterocycles. The van der Waals surface area contributed by atoms with Gasteiger partial charge in [-0.05, 0) is 17.7 Å². The molecule has 0 radical (unpaired) electrons. The highest BCUT2D eigenvalue weighted by molar-refractivity contribution is 5.45. The van der Waals surface area contributed by atoms with Crippen LogP contribution in [0.4, 0.5) is 0 Å². The molecule has 116 valence electrons. The Labute approximate surface area is 135 Å². The van der Waals surface area contributed by atoms with Crippen LogP contribution in [0, 0.1) is 0 Å². The fraction of sp³-hybridized carbons (Fsp3) is 0.211. The molecule has 0 N–H and O–H groups in total. The van der Waals surface area contributed by atoms with Gasteiger partial charge in [0, 0.05) is 30.4 Å². The van der Waals surface area contributed by atoms with Crippen molar-refractivity contribution in [2.24, 2.45) is 0 Å². The number of ether oxygens (including phenoxy) is 2. The summed E-state index contributed by atoms with van der Waals surface area (Å²) in [5, 5.41) is 0. The third-order valence-corrected chi connectivity index (χ3v) is 4.34. The highest BCUT2D eigenvalue weighted by Crippen LogP contribution is 2.43. The van der Waals surface area contributed by atoms with E-state index in [1.807, 2.05) is 49.1 Å². The van der Waals surface area contributed by atoms with Crippen LogP contribution in [0.3, 0.4) is 0 Å². The third-order valence-electron chi connectivity index (χ3n) is 4.34. The summed E-state index contributed by atoms with van der Waals surface area (Å²) in [7, 11) is 1.67. The van der Waals surface area contributed by atoms with Crippen molar-refractivity contribution in [3.8, 4) is 11.5 Å².